The fourth-order valence-corrected chi connectivity index (χ4v) is 3.90. The fourth-order valence-electron chi connectivity index (χ4n) is 2.41. The lowest BCUT2D eigenvalue weighted by Gasteiger charge is -2.20. The molecule has 2 aromatic rings. The monoisotopic (exact) mass is 415 g/mol. The molecule has 148 valence electrons. The summed E-state index contributed by atoms with van der Waals surface area (Å²) in [6.45, 7) is 10.3. The summed E-state index contributed by atoms with van der Waals surface area (Å²) in [5.74, 6) is 0.969. The number of anilines is 2. The summed E-state index contributed by atoms with van der Waals surface area (Å²) >= 11 is 2.67. The Kier molecular flexibility index (Phi) is 8.48. The quantitative estimate of drug-likeness (QED) is 0.364. The predicted molar refractivity (Wildman–Crippen MR) is 118 cm³/mol. The van der Waals surface area contributed by atoms with Gasteiger partial charge in [0.1, 0.15) is 11.6 Å². The van der Waals surface area contributed by atoms with Crippen LogP contribution < -0.4 is 10.2 Å². The smallest absolute Gasteiger partial charge is 0.268 e. The van der Waals surface area contributed by atoms with Crippen molar-refractivity contribution in [3.8, 4) is 6.07 Å². The van der Waals surface area contributed by atoms with Gasteiger partial charge in [-0.1, -0.05) is 37.7 Å². The molecule has 0 saturated heterocycles. The molecule has 1 heterocycles. The van der Waals surface area contributed by atoms with Crippen LogP contribution in [-0.2, 0) is 4.79 Å². The van der Waals surface area contributed by atoms with Crippen LogP contribution in [0.15, 0.2) is 35.0 Å². The van der Waals surface area contributed by atoms with E-state index in [0.717, 1.165) is 41.6 Å². The van der Waals surface area contributed by atoms with E-state index in [1.54, 1.807) is 17.8 Å². The zero-order chi connectivity index (χ0) is 20.5. The van der Waals surface area contributed by atoms with Crippen molar-refractivity contribution in [2.75, 3.05) is 29.1 Å². The number of nitrogens with one attached hydrogen (secondary N) is 1. The zero-order valence-corrected chi connectivity index (χ0v) is 18.2. The predicted octanol–water partition coefficient (Wildman–Crippen LogP) is 4.68. The van der Waals surface area contributed by atoms with Crippen molar-refractivity contribution >= 4 is 46.1 Å². The molecule has 0 atom stereocenters. The number of aromatic nitrogens is 2. The van der Waals surface area contributed by atoms with E-state index < -0.39 is 5.91 Å². The number of nitriles is 1. The van der Waals surface area contributed by atoms with Gasteiger partial charge in [-0.2, -0.15) is 14.6 Å². The highest BCUT2D eigenvalue weighted by atomic mass is 32.2. The second kappa shape index (κ2) is 10.8. The number of rotatable bonds is 9. The first kappa shape index (κ1) is 21.9. The third kappa shape index (κ3) is 6.36. The van der Waals surface area contributed by atoms with Crippen molar-refractivity contribution in [2.45, 2.75) is 32.9 Å². The highest BCUT2D eigenvalue weighted by Gasteiger charge is 2.13. The van der Waals surface area contributed by atoms with Crippen LogP contribution >= 0.6 is 23.3 Å². The van der Waals surface area contributed by atoms with Gasteiger partial charge in [0.2, 0.25) is 10.3 Å². The van der Waals surface area contributed by atoms with E-state index in [1.807, 2.05) is 30.3 Å². The van der Waals surface area contributed by atoms with Gasteiger partial charge in [0.15, 0.2) is 0 Å². The Bertz CT molecular complexity index is 848. The highest BCUT2D eigenvalue weighted by molar-refractivity contribution is 7.99. The Morgan fingerprint density at radius 1 is 1.32 bits per heavy atom. The SMILES string of the molecule is CCN(CC)c1ccc(C=C(C#N)C(=O)Nc2nc(SCC(C)C)ns2)cc1. The Balaban J connectivity index is 2.06. The Morgan fingerprint density at radius 3 is 2.57 bits per heavy atom. The standard InChI is InChI=1S/C20H25N5OS2/c1-5-25(6-2)17-9-7-15(8-10-17)11-16(12-21)18(26)22-19-23-20(24-28-19)27-13-14(3)4/h7-11,14H,5-6,13H2,1-4H3,(H,22,23,24,26). The maximum absolute atomic E-state index is 12.4. The van der Waals surface area contributed by atoms with Crippen LogP contribution in [0.2, 0.25) is 0 Å². The Hall–Kier alpha value is -2.37. The molecule has 1 aromatic carbocycles. The van der Waals surface area contributed by atoms with E-state index >= 15 is 0 Å². The average molecular weight is 416 g/mol. The second-order valence-corrected chi connectivity index (χ2v) is 8.21. The molecule has 0 fully saturated rings. The molecule has 8 heteroatoms. The molecule has 2 rings (SSSR count). The van der Waals surface area contributed by atoms with Crippen LogP contribution in [0, 0.1) is 17.2 Å². The zero-order valence-electron chi connectivity index (χ0n) is 16.6. The largest absolute Gasteiger partial charge is 0.372 e. The van der Waals surface area contributed by atoms with Crippen LogP contribution in [0.1, 0.15) is 33.3 Å². The van der Waals surface area contributed by atoms with Crippen LogP contribution in [0.4, 0.5) is 10.8 Å². The van der Waals surface area contributed by atoms with Gasteiger partial charge < -0.3 is 4.90 Å². The molecule has 0 aliphatic rings. The molecule has 28 heavy (non-hydrogen) atoms. The van der Waals surface area contributed by atoms with Gasteiger partial charge >= 0.3 is 0 Å². The number of thioether (sulfide) groups is 1. The Labute approximate surface area is 174 Å². The van der Waals surface area contributed by atoms with E-state index in [4.69, 9.17) is 0 Å². The first-order valence-corrected chi connectivity index (χ1v) is 11.0. The van der Waals surface area contributed by atoms with Gasteiger partial charge in [-0.05, 0) is 43.5 Å². The summed E-state index contributed by atoms with van der Waals surface area (Å²) in [7, 11) is 0. The number of carbonyl (C=O) groups is 1. The molecule has 0 radical (unpaired) electrons. The maximum Gasteiger partial charge on any atom is 0.268 e. The summed E-state index contributed by atoms with van der Waals surface area (Å²) in [6, 6.07) is 9.77. The summed E-state index contributed by atoms with van der Waals surface area (Å²) in [4.78, 5) is 18.9. The Morgan fingerprint density at radius 2 is 2.00 bits per heavy atom. The first-order valence-electron chi connectivity index (χ1n) is 9.21. The highest BCUT2D eigenvalue weighted by Crippen LogP contribution is 2.22. The van der Waals surface area contributed by atoms with Crippen LogP contribution in [0.5, 0.6) is 0 Å². The number of hydrogen-bond donors (Lipinski definition) is 1. The van der Waals surface area contributed by atoms with Crippen molar-refractivity contribution in [2.24, 2.45) is 5.92 Å². The summed E-state index contributed by atoms with van der Waals surface area (Å²) in [6.07, 6.45) is 1.58. The van der Waals surface area contributed by atoms with Gasteiger partial charge in [-0.15, -0.1) is 0 Å². The van der Waals surface area contributed by atoms with E-state index in [-0.39, 0.29) is 5.57 Å². The fraction of sp³-hybridized carbons (Fsp3) is 0.400. The molecule has 0 aliphatic heterocycles. The minimum atomic E-state index is -0.480. The first-order chi connectivity index (χ1) is 13.5. The number of nitrogens with zero attached hydrogens (tertiary/aromatic N) is 4. The van der Waals surface area contributed by atoms with Crippen molar-refractivity contribution in [3.63, 3.8) is 0 Å². The summed E-state index contributed by atoms with van der Waals surface area (Å²) < 4.78 is 4.22. The summed E-state index contributed by atoms with van der Waals surface area (Å²) in [5.41, 5.74) is 1.95. The lowest BCUT2D eigenvalue weighted by molar-refractivity contribution is -0.112. The van der Waals surface area contributed by atoms with Crippen molar-refractivity contribution in [1.82, 2.24) is 9.36 Å². The normalized spacial score (nSPS) is 11.4. The van der Waals surface area contributed by atoms with E-state index in [9.17, 15) is 10.1 Å². The topological polar surface area (TPSA) is 81.9 Å². The minimum absolute atomic E-state index is 0.0298. The molecular weight excluding hydrogens is 390 g/mol. The minimum Gasteiger partial charge on any atom is -0.372 e. The van der Waals surface area contributed by atoms with Crippen LogP contribution in [0.3, 0.4) is 0 Å². The molecule has 0 spiro atoms. The van der Waals surface area contributed by atoms with Gasteiger partial charge in [0, 0.05) is 36.1 Å². The third-order valence-electron chi connectivity index (χ3n) is 3.87. The molecule has 0 saturated carbocycles. The van der Waals surface area contributed by atoms with E-state index in [1.165, 1.54) is 0 Å². The van der Waals surface area contributed by atoms with E-state index in [2.05, 4.69) is 47.3 Å². The number of amides is 1. The van der Waals surface area contributed by atoms with Gasteiger partial charge in [-0.25, -0.2) is 0 Å². The molecule has 1 N–H and O–H groups in total. The average Bonchev–Trinajstić information content (AvgIpc) is 3.13. The molecule has 1 aromatic heterocycles. The molecule has 6 nitrogen and oxygen atoms in total. The van der Waals surface area contributed by atoms with Crippen molar-refractivity contribution < 1.29 is 4.79 Å². The number of hydrogen-bond acceptors (Lipinski definition) is 7. The van der Waals surface area contributed by atoms with Crippen LogP contribution in [-0.4, -0.2) is 34.1 Å². The van der Waals surface area contributed by atoms with Gasteiger partial charge in [0.05, 0.1) is 0 Å². The number of carbonyl (C=O) groups excluding carboxylic acids is 1. The lowest BCUT2D eigenvalue weighted by Crippen LogP contribution is -2.21. The summed E-state index contributed by atoms with van der Waals surface area (Å²) in [5, 5.41) is 13.1. The van der Waals surface area contributed by atoms with Crippen LogP contribution in [0.25, 0.3) is 6.08 Å². The van der Waals surface area contributed by atoms with E-state index in [0.29, 0.717) is 16.2 Å². The molecular formula is C20H25N5OS2. The third-order valence-corrected chi connectivity index (χ3v) is 5.89. The molecule has 0 aliphatic carbocycles. The lowest BCUT2D eigenvalue weighted by atomic mass is 10.1. The number of benzene rings is 1. The van der Waals surface area contributed by atoms with Gasteiger partial charge in [0.25, 0.3) is 5.91 Å². The maximum atomic E-state index is 12.4. The van der Waals surface area contributed by atoms with Crippen molar-refractivity contribution in [1.29, 1.82) is 5.26 Å². The molecule has 0 bridgehead atoms. The molecule has 0 unspecified atom stereocenters. The second-order valence-electron chi connectivity index (χ2n) is 6.47. The van der Waals surface area contributed by atoms with Gasteiger partial charge in [-0.3, -0.25) is 10.1 Å². The molecule has 1 amide bonds. The van der Waals surface area contributed by atoms with Crippen molar-refractivity contribution in [3.05, 3.63) is 35.4 Å².